The van der Waals surface area contributed by atoms with Crippen molar-refractivity contribution >= 4 is 39.8 Å². The lowest BCUT2D eigenvalue weighted by atomic mass is 10.0. The second-order valence-electron chi connectivity index (χ2n) is 6.57. The zero-order chi connectivity index (χ0) is 22.4. The van der Waals surface area contributed by atoms with Crippen LogP contribution < -0.4 is 14.8 Å². The second kappa shape index (κ2) is 10.3. The van der Waals surface area contributed by atoms with Gasteiger partial charge in [0.15, 0.2) is 6.61 Å². The number of methoxy groups -OCH3 is 1. The molecule has 1 N–H and O–H groups in total. The van der Waals surface area contributed by atoms with E-state index in [0.29, 0.717) is 27.1 Å². The van der Waals surface area contributed by atoms with Crippen molar-refractivity contribution in [3.05, 3.63) is 64.0 Å². The minimum absolute atomic E-state index is 0.214. The smallest absolute Gasteiger partial charge is 0.341 e. The molecule has 0 fully saturated rings. The number of esters is 1. The Morgan fingerprint density at radius 2 is 1.84 bits per heavy atom. The summed E-state index contributed by atoms with van der Waals surface area (Å²) in [5.41, 5.74) is 2.69. The monoisotopic (exact) mass is 459 g/mol. The maximum Gasteiger partial charge on any atom is 0.341 e. The highest BCUT2D eigenvalue weighted by atomic mass is 35.5. The molecule has 0 bridgehead atoms. The first-order valence-electron chi connectivity index (χ1n) is 9.54. The summed E-state index contributed by atoms with van der Waals surface area (Å²) >= 11 is 7.09. The molecule has 1 aromatic heterocycles. The van der Waals surface area contributed by atoms with Gasteiger partial charge >= 0.3 is 5.97 Å². The number of ether oxygens (including phenoxy) is 3. The van der Waals surface area contributed by atoms with Crippen molar-refractivity contribution in [1.82, 2.24) is 0 Å². The lowest BCUT2D eigenvalue weighted by molar-refractivity contribution is -0.118. The first-order chi connectivity index (χ1) is 14.9. The zero-order valence-corrected chi connectivity index (χ0v) is 18.9. The fraction of sp³-hybridized carbons (Fsp3) is 0.217. The molecule has 6 nitrogen and oxygen atoms in total. The molecule has 0 saturated carbocycles. The predicted molar refractivity (Wildman–Crippen MR) is 123 cm³/mol. The number of anilines is 1. The van der Waals surface area contributed by atoms with Gasteiger partial charge in [0.05, 0.1) is 13.7 Å². The number of hydrogen-bond acceptors (Lipinski definition) is 6. The van der Waals surface area contributed by atoms with Crippen molar-refractivity contribution in [2.75, 3.05) is 25.6 Å². The van der Waals surface area contributed by atoms with E-state index < -0.39 is 11.9 Å². The van der Waals surface area contributed by atoms with E-state index in [4.69, 9.17) is 25.8 Å². The van der Waals surface area contributed by atoms with E-state index in [-0.39, 0.29) is 18.8 Å². The average Bonchev–Trinajstić information content (AvgIpc) is 3.16. The van der Waals surface area contributed by atoms with Gasteiger partial charge in [0.1, 0.15) is 22.1 Å². The van der Waals surface area contributed by atoms with Gasteiger partial charge in [-0.2, -0.15) is 0 Å². The number of nitrogens with one attached hydrogen (secondary N) is 1. The number of benzene rings is 2. The van der Waals surface area contributed by atoms with Crippen LogP contribution in [0.15, 0.2) is 47.8 Å². The molecule has 0 radical (unpaired) electrons. The highest BCUT2D eigenvalue weighted by Gasteiger charge is 2.24. The molecule has 2 aromatic carbocycles. The minimum Gasteiger partial charge on any atom is -0.496 e. The van der Waals surface area contributed by atoms with Crippen LogP contribution in [-0.4, -0.2) is 32.2 Å². The molecule has 1 amide bonds. The van der Waals surface area contributed by atoms with Gasteiger partial charge in [0, 0.05) is 21.5 Å². The van der Waals surface area contributed by atoms with E-state index in [1.54, 1.807) is 43.7 Å². The molecule has 1 heterocycles. The highest BCUT2D eigenvalue weighted by molar-refractivity contribution is 7.15. The fourth-order valence-corrected chi connectivity index (χ4v) is 4.02. The molecular weight excluding hydrogens is 438 g/mol. The average molecular weight is 460 g/mol. The summed E-state index contributed by atoms with van der Waals surface area (Å²) < 4.78 is 16.2. The minimum atomic E-state index is -0.517. The molecule has 0 aliphatic carbocycles. The van der Waals surface area contributed by atoms with E-state index in [1.165, 1.54) is 11.3 Å². The number of rotatable bonds is 8. The molecule has 0 aliphatic heterocycles. The summed E-state index contributed by atoms with van der Waals surface area (Å²) in [4.78, 5) is 25.2. The van der Waals surface area contributed by atoms with Gasteiger partial charge in [-0.1, -0.05) is 23.2 Å². The number of hydrogen-bond donors (Lipinski definition) is 1. The van der Waals surface area contributed by atoms with E-state index >= 15 is 0 Å². The molecule has 3 aromatic rings. The topological polar surface area (TPSA) is 73.9 Å². The molecule has 8 heteroatoms. The molecule has 0 saturated heterocycles. The molecule has 31 heavy (non-hydrogen) atoms. The van der Waals surface area contributed by atoms with E-state index in [2.05, 4.69) is 5.32 Å². The SMILES string of the molecule is CCOC(=O)c1c(-c2cc(C)ccc2OC)csc1NC(=O)COc1ccc(Cl)cc1. The Bertz CT molecular complexity index is 1080. The lowest BCUT2D eigenvalue weighted by Gasteiger charge is -2.12. The van der Waals surface area contributed by atoms with Crippen molar-refractivity contribution < 1.29 is 23.8 Å². The van der Waals surface area contributed by atoms with Gasteiger partial charge in [-0.3, -0.25) is 4.79 Å². The summed E-state index contributed by atoms with van der Waals surface area (Å²) in [6.45, 7) is 3.68. The Kier molecular flexibility index (Phi) is 7.55. The van der Waals surface area contributed by atoms with Crippen molar-refractivity contribution in [1.29, 1.82) is 0 Å². The Morgan fingerprint density at radius 1 is 1.10 bits per heavy atom. The van der Waals surface area contributed by atoms with E-state index in [1.807, 2.05) is 25.1 Å². The van der Waals surface area contributed by atoms with Crippen LogP contribution in [0.25, 0.3) is 11.1 Å². The molecule has 0 spiro atoms. The quantitative estimate of drug-likeness (QED) is 0.445. The number of amides is 1. The number of carbonyl (C=O) groups excluding carboxylic acids is 2. The van der Waals surface area contributed by atoms with Crippen LogP contribution in [0.5, 0.6) is 11.5 Å². The Labute approximate surface area is 189 Å². The van der Waals surface area contributed by atoms with Gasteiger partial charge < -0.3 is 19.5 Å². The van der Waals surface area contributed by atoms with Crippen LogP contribution in [-0.2, 0) is 9.53 Å². The number of thiophene rings is 1. The summed E-state index contributed by atoms with van der Waals surface area (Å²) in [7, 11) is 1.57. The second-order valence-corrected chi connectivity index (χ2v) is 7.88. The number of carbonyl (C=O) groups is 2. The lowest BCUT2D eigenvalue weighted by Crippen LogP contribution is -2.21. The van der Waals surface area contributed by atoms with Crippen LogP contribution in [0.1, 0.15) is 22.8 Å². The van der Waals surface area contributed by atoms with Crippen LogP contribution in [0.2, 0.25) is 5.02 Å². The van der Waals surface area contributed by atoms with E-state index in [9.17, 15) is 9.59 Å². The van der Waals surface area contributed by atoms with Crippen LogP contribution >= 0.6 is 22.9 Å². The third kappa shape index (κ3) is 5.57. The van der Waals surface area contributed by atoms with Gasteiger partial charge in [-0.15, -0.1) is 11.3 Å². The summed E-state index contributed by atoms with van der Waals surface area (Å²) in [6, 6.07) is 12.4. The molecular formula is C23H22ClNO5S. The van der Waals surface area contributed by atoms with Crippen molar-refractivity contribution in [2.45, 2.75) is 13.8 Å². The third-order valence-corrected chi connectivity index (χ3v) is 5.50. The Balaban J connectivity index is 1.86. The number of aryl methyl sites for hydroxylation is 1. The van der Waals surface area contributed by atoms with E-state index in [0.717, 1.165) is 11.1 Å². The molecule has 0 unspecified atom stereocenters. The summed E-state index contributed by atoms with van der Waals surface area (Å²) in [5.74, 6) is 0.223. The van der Waals surface area contributed by atoms with Crippen molar-refractivity contribution in [3.8, 4) is 22.6 Å². The van der Waals surface area contributed by atoms with Gasteiger partial charge in [-0.05, 0) is 50.2 Å². The van der Waals surface area contributed by atoms with Gasteiger partial charge in [-0.25, -0.2) is 4.79 Å². The molecule has 162 valence electrons. The standard InChI is InChI=1S/C23H22ClNO5S/c1-4-29-23(27)21-18(17-11-14(2)5-10-19(17)28-3)13-31-22(21)25-20(26)12-30-16-8-6-15(24)7-9-16/h5-11,13H,4,12H2,1-3H3,(H,25,26). The molecule has 0 aliphatic rings. The maximum atomic E-state index is 12.7. The summed E-state index contributed by atoms with van der Waals surface area (Å²) in [6.07, 6.45) is 0. The normalized spacial score (nSPS) is 10.5. The first-order valence-corrected chi connectivity index (χ1v) is 10.8. The van der Waals surface area contributed by atoms with Crippen LogP contribution in [0.3, 0.4) is 0 Å². The highest BCUT2D eigenvalue weighted by Crippen LogP contribution is 2.40. The molecule has 3 rings (SSSR count). The van der Waals surface area contributed by atoms with Crippen molar-refractivity contribution in [3.63, 3.8) is 0 Å². The van der Waals surface area contributed by atoms with Crippen molar-refractivity contribution in [2.24, 2.45) is 0 Å². The summed E-state index contributed by atoms with van der Waals surface area (Å²) in [5, 5.41) is 5.53. The number of halogens is 1. The van der Waals surface area contributed by atoms with Crippen LogP contribution in [0.4, 0.5) is 5.00 Å². The van der Waals surface area contributed by atoms with Crippen LogP contribution in [0, 0.1) is 6.92 Å². The third-order valence-electron chi connectivity index (χ3n) is 4.35. The Hall–Kier alpha value is -3.03. The maximum absolute atomic E-state index is 12.7. The van der Waals surface area contributed by atoms with Gasteiger partial charge in [0.25, 0.3) is 5.91 Å². The largest absolute Gasteiger partial charge is 0.496 e. The molecule has 0 atom stereocenters. The zero-order valence-electron chi connectivity index (χ0n) is 17.4. The van der Waals surface area contributed by atoms with Gasteiger partial charge in [0.2, 0.25) is 0 Å². The Morgan fingerprint density at radius 3 is 2.52 bits per heavy atom. The predicted octanol–water partition coefficient (Wildman–Crippen LogP) is 5.58. The fourth-order valence-electron chi connectivity index (χ4n) is 2.93. The first kappa shape index (κ1) is 22.7.